The second-order valence-electron chi connectivity index (χ2n) is 5.96. The number of amides is 1. The molecular formula is C16H17IN2O4. The molecule has 122 valence electrons. The first-order chi connectivity index (χ1) is 10.8. The summed E-state index contributed by atoms with van der Waals surface area (Å²) in [6.07, 6.45) is 0. The lowest BCUT2D eigenvalue weighted by Crippen LogP contribution is -2.20. The van der Waals surface area contributed by atoms with Crippen LogP contribution in [0.1, 0.15) is 36.8 Å². The number of benzene rings is 1. The standard InChI is InChI=1S/C16H17IN2O4/c1-16(2,3)12-8-14(23-19-12)18-13(20)9-22-15(21)10-5-4-6-11(17)7-10/h4-8H,9H2,1-3H3,(H,18,20). The van der Waals surface area contributed by atoms with Crippen molar-refractivity contribution >= 4 is 40.4 Å². The van der Waals surface area contributed by atoms with Crippen LogP contribution in [0.3, 0.4) is 0 Å². The van der Waals surface area contributed by atoms with Crippen LogP contribution in [0.25, 0.3) is 0 Å². The summed E-state index contributed by atoms with van der Waals surface area (Å²) in [6, 6.07) is 8.59. The molecule has 0 saturated carbocycles. The molecule has 1 aromatic heterocycles. The van der Waals surface area contributed by atoms with Gasteiger partial charge < -0.3 is 9.26 Å². The van der Waals surface area contributed by atoms with E-state index in [1.165, 1.54) is 0 Å². The van der Waals surface area contributed by atoms with Crippen molar-refractivity contribution in [3.05, 3.63) is 45.2 Å². The molecule has 0 unspecified atom stereocenters. The minimum absolute atomic E-state index is 0.177. The Morgan fingerprint density at radius 2 is 2.04 bits per heavy atom. The number of aromatic nitrogens is 1. The van der Waals surface area contributed by atoms with Crippen LogP contribution >= 0.6 is 22.6 Å². The van der Waals surface area contributed by atoms with E-state index in [1.807, 2.05) is 26.8 Å². The Morgan fingerprint density at radius 3 is 2.65 bits per heavy atom. The normalized spacial score (nSPS) is 11.1. The number of carbonyl (C=O) groups is 2. The number of ether oxygens (including phenoxy) is 1. The van der Waals surface area contributed by atoms with Crippen LogP contribution in [0.15, 0.2) is 34.9 Å². The number of nitrogens with zero attached hydrogens (tertiary/aromatic N) is 1. The van der Waals surface area contributed by atoms with Crippen LogP contribution < -0.4 is 5.32 Å². The minimum atomic E-state index is -0.549. The number of esters is 1. The third-order valence-electron chi connectivity index (χ3n) is 2.94. The van der Waals surface area contributed by atoms with E-state index in [-0.39, 0.29) is 11.3 Å². The van der Waals surface area contributed by atoms with Gasteiger partial charge in [-0.05, 0) is 40.8 Å². The molecule has 1 N–H and O–H groups in total. The van der Waals surface area contributed by atoms with Crippen LogP contribution in [0.2, 0.25) is 0 Å². The Labute approximate surface area is 147 Å². The molecule has 6 nitrogen and oxygen atoms in total. The van der Waals surface area contributed by atoms with Crippen molar-refractivity contribution < 1.29 is 18.8 Å². The second kappa shape index (κ2) is 7.12. The van der Waals surface area contributed by atoms with Gasteiger partial charge in [-0.1, -0.05) is 32.0 Å². The number of hydrogen-bond donors (Lipinski definition) is 1. The van der Waals surface area contributed by atoms with Gasteiger partial charge in [-0.15, -0.1) is 0 Å². The molecule has 0 aliphatic heterocycles. The quantitative estimate of drug-likeness (QED) is 0.597. The van der Waals surface area contributed by atoms with Gasteiger partial charge >= 0.3 is 5.97 Å². The Bertz CT molecular complexity index is 719. The van der Waals surface area contributed by atoms with Gasteiger partial charge in [0.25, 0.3) is 5.91 Å². The molecule has 7 heteroatoms. The van der Waals surface area contributed by atoms with E-state index in [9.17, 15) is 9.59 Å². The average molecular weight is 428 g/mol. The van der Waals surface area contributed by atoms with Crippen molar-refractivity contribution in [3.63, 3.8) is 0 Å². The zero-order valence-electron chi connectivity index (χ0n) is 13.1. The molecule has 2 aromatic rings. The molecular weight excluding hydrogens is 411 g/mol. The largest absolute Gasteiger partial charge is 0.452 e. The van der Waals surface area contributed by atoms with Gasteiger partial charge in [0.15, 0.2) is 6.61 Å². The fourth-order valence-electron chi connectivity index (χ4n) is 1.69. The minimum Gasteiger partial charge on any atom is -0.452 e. The number of carbonyl (C=O) groups excluding carboxylic acids is 2. The fourth-order valence-corrected chi connectivity index (χ4v) is 2.23. The highest BCUT2D eigenvalue weighted by Gasteiger charge is 2.20. The molecule has 1 amide bonds. The van der Waals surface area contributed by atoms with Gasteiger partial charge in [0, 0.05) is 15.1 Å². The van der Waals surface area contributed by atoms with Gasteiger partial charge in [0.2, 0.25) is 5.88 Å². The van der Waals surface area contributed by atoms with Crippen molar-refractivity contribution in [3.8, 4) is 0 Å². The summed E-state index contributed by atoms with van der Waals surface area (Å²) in [6.45, 7) is 5.56. The molecule has 0 aliphatic carbocycles. The van der Waals surface area contributed by atoms with E-state index in [4.69, 9.17) is 9.26 Å². The SMILES string of the molecule is CC(C)(C)c1cc(NC(=O)COC(=O)c2cccc(I)c2)on1. The van der Waals surface area contributed by atoms with E-state index in [1.54, 1.807) is 24.3 Å². The molecule has 0 bridgehead atoms. The lowest BCUT2D eigenvalue weighted by atomic mass is 9.92. The van der Waals surface area contributed by atoms with E-state index in [0.717, 1.165) is 9.26 Å². The fraction of sp³-hybridized carbons (Fsp3) is 0.312. The van der Waals surface area contributed by atoms with Gasteiger partial charge in [-0.2, -0.15) is 0 Å². The van der Waals surface area contributed by atoms with E-state index in [0.29, 0.717) is 5.56 Å². The van der Waals surface area contributed by atoms with Crippen molar-refractivity contribution in [2.45, 2.75) is 26.2 Å². The molecule has 0 aliphatic rings. The maximum absolute atomic E-state index is 11.8. The molecule has 0 saturated heterocycles. The highest BCUT2D eigenvalue weighted by molar-refractivity contribution is 14.1. The first-order valence-corrected chi connectivity index (χ1v) is 8.03. The number of anilines is 1. The van der Waals surface area contributed by atoms with Crippen LogP contribution in [-0.2, 0) is 14.9 Å². The van der Waals surface area contributed by atoms with Gasteiger partial charge in [0.05, 0.1) is 11.3 Å². The van der Waals surface area contributed by atoms with Crippen molar-refractivity contribution in [1.82, 2.24) is 5.16 Å². The Balaban J connectivity index is 1.88. The summed E-state index contributed by atoms with van der Waals surface area (Å²) in [7, 11) is 0. The van der Waals surface area contributed by atoms with Crippen molar-refractivity contribution in [2.75, 3.05) is 11.9 Å². The lowest BCUT2D eigenvalue weighted by molar-refractivity contribution is -0.119. The maximum Gasteiger partial charge on any atom is 0.338 e. The summed E-state index contributed by atoms with van der Waals surface area (Å²) in [5, 5.41) is 6.40. The predicted octanol–water partition coefficient (Wildman–Crippen LogP) is 3.37. The third kappa shape index (κ3) is 5.05. The van der Waals surface area contributed by atoms with E-state index < -0.39 is 18.5 Å². The molecule has 0 spiro atoms. The summed E-state index contributed by atoms with van der Waals surface area (Å²) in [4.78, 5) is 23.6. The maximum atomic E-state index is 11.8. The summed E-state index contributed by atoms with van der Waals surface area (Å²) >= 11 is 2.10. The highest BCUT2D eigenvalue weighted by Crippen LogP contribution is 2.23. The molecule has 1 aromatic carbocycles. The summed E-state index contributed by atoms with van der Waals surface area (Å²) in [5.41, 5.74) is 0.951. The molecule has 2 rings (SSSR count). The molecule has 0 atom stereocenters. The molecule has 0 fully saturated rings. The van der Waals surface area contributed by atoms with Gasteiger partial charge in [0.1, 0.15) is 0 Å². The number of halogens is 1. The summed E-state index contributed by atoms with van der Waals surface area (Å²) < 4.78 is 10.9. The Hall–Kier alpha value is -1.90. The smallest absolute Gasteiger partial charge is 0.338 e. The number of rotatable bonds is 4. The van der Waals surface area contributed by atoms with Crippen molar-refractivity contribution in [1.29, 1.82) is 0 Å². The highest BCUT2D eigenvalue weighted by atomic mass is 127. The number of hydrogen-bond acceptors (Lipinski definition) is 5. The predicted molar refractivity (Wildman–Crippen MR) is 93.3 cm³/mol. The molecule has 1 heterocycles. The van der Waals surface area contributed by atoms with Crippen LogP contribution in [0.5, 0.6) is 0 Å². The first-order valence-electron chi connectivity index (χ1n) is 6.95. The third-order valence-corrected chi connectivity index (χ3v) is 3.61. The van der Waals surface area contributed by atoms with E-state index >= 15 is 0 Å². The van der Waals surface area contributed by atoms with Crippen LogP contribution in [0, 0.1) is 3.57 Å². The Kier molecular flexibility index (Phi) is 5.40. The Morgan fingerprint density at radius 1 is 1.30 bits per heavy atom. The number of nitrogens with one attached hydrogen (secondary N) is 1. The molecule has 0 radical (unpaired) electrons. The first kappa shape index (κ1) is 17.5. The van der Waals surface area contributed by atoms with Crippen LogP contribution in [-0.4, -0.2) is 23.6 Å². The van der Waals surface area contributed by atoms with Gasteiger partial charge in [-0.25, -0.2) is 4.79 Å². The van der Waals surface area contributed by atoms with Gasteiger partial charge in [-0.3, -0.25) is 10.1 Å². The lowest BCUT2D eigenvalue weighted by Gasteiger charge is -2.12. The zero-order chi connectivity index (χ0) is 17.0. The monoisotopic (exact) mass is 428 g/mol. The van der Waals surface area contributed by atoms with Crippen molar-refractivity contribution in [2.24, 2.45) is 0 Å². The van der Waals surface area contributed by atoms with E-state index in [2.05, 4.69) is 33.1 Å². The van der Waals surface area contributed by atoms with Crippen LogP contribution in [0.4, 0.5) is 5.88 Å². The topological polar surface area (TPSA) is 81.4 Å². The average Bonchev–Trinajstić information content (AvgIpc) is 2.93. The zero-order valence-corrected chi connectivity index (χ0v) is 15.2. The molecule has 23 heavy (non-hydrogen) atoms. The summed E-state index contributed by atoms with van der Waals surface area (Å²) in [5.74, 6) is -0.808. The second-order valence-corrected chi connectivity index (χ2v) is 7.21.